The number of carbonyl (C=O) groups is 5. The van der Waals surface area contributed by atoms with Crippen LogP contribution in [0.4, 0.5) is 0 Å². The topological polar surface area (TPSA) is 255 Å². The predicted octanol–water partition coefficient (Wildman–Crippen LogP) is -2.39. The minimum Gasteiger partial charge on any atom is -0.379 e. The van der Waals surface area contributed by atoms with Gasteiger partial charge in [-0.25, -0.2) is 0 Å². The SMILES string of the molecule is CNCCOCCOCCOCCOCCOCCOCCOCCOCCC(=O)NCCOCCOCC(=O)NCCCCC(NC(=O)CN(C)C(C)=O)C(N)=O. The minimum absolute atomic E-state index is 0.138. The molecule has 0 aliphatic carbocycles. The average molecular weight is 841 g/mol. The van der Waals surface area contributed by atoms with Gasteiger partial charge in [0.2, 0.25) is 29.5 Å². The number of hydrogen-bond donors (Lipinski definition) is 5. The first-order valence-electron chi connectivity index (χ1n) is 19.9. The van der Waals surface area contributed by atoms with Crippen molar-refractivity contribution < 1.29 is 71.3 Å². The molecule has 0 rings (SSSR count). The van der Waals surface area contributed by atoms with Gasteiger partial charge < -0.3 is 79.3 Å². The number of ether oxygens (including phenoxy) is 10. The highest BCUT2D eigenvalue weighted by Gasteiger charge is 2.19. The van der Waals surface area contributed by atoms with E-state index >= 15 is 0 Å². The Morgan fingerprint density at radius 1 is 0.517 bits per heavy atom. The Balaban J connectivity index is 3.40. The Morgan fingerprint density at radius 2 is 0.931 bits per heavy atom. The van der Waals surface area contributed by atoms with Gasteiger partial charge in [0.1, 0.15) is 12.6 Å². The molecular formula is C37H72N6O15. The Bertz CT molecular complexity index is 1030. The second-order valence-electron chi connectivity index (χ2n) is 12.5. The number of nitrogens with one attached hydrogen (secondary N) is 4. The lowest BCUT2D eigenvalue weighted by molar-refractivity contribution is -0.134. The number of carbonyl (C=O) groups excluding carboxylic acids is 5. The van der Waals surface area contributed by atoms with Gasteiger partial charge in [-0.1, -0.05) is 0 Å². The lowest BCUT2D eigenvalue weighted by atomic mass is 10.1. The minimum atomic E-state index is -0.862. The van der Waals surface area contributed by atoms with Crippen LogP contribution in [0.5, 0.6) is 0 Å². The summed E-state index contributed by atoms with van der Waals surface area (Å²) in [6.07, 6.45) is 1.61. The summed E-state index contributed by atoms with van der Waals surface area (Å²) in [6, 6.07) is -0.862. The Labute approximate surface area is 343 Å². The zero-order valence-corrected chi connectivity index (χ0v) is 35.0. The van der Waals surface area contributed by atoms with Crippen molar-refractivity contribution in [1.29, 1.82) is 0 Å². The third-order valence-electron chi connectivity index (χ3n) is 7.59. The molecule has 340 valence electrons. The van der Waals surface area contributed by atoms with Crippen LogP contribution in [-0.4, -0.2) is 213 Å². The van der Waals surface area contributed by atoms with E-state index in [1.54, 1.807) is 0 Å². The number of unbranched alkanes of at least 4 members (excludes halogenated alkanes) is 1. The normalized spacial score (nSPS) is 11.6. The molecule has 0 saturated carbocycles. The van der Waals surface area contributed by atoms with Gasteiger partial charge >= 0.3 is 0 Å². The van der Waals surface area contributed by atoms with E-state index in [1.165, 1.54) is 18.9 Å². The first-order chi connectivity index (χ1) is 28.2. The maximum atomic E-state index is 12.0. The van der Waals surface area contributed by atoms with Crippen molar-refractivity contribution in [3.63, 3.8) is 0 Å². The highest BCUT2D eigenvalue weighted by molar-refractivity contribution is 5.89. The van der Waals surface area contributed by atoms with E-state index in [0.29, 0.717) is 138 Å². The summed E-state index contributed by atoms with van der Waals surface area (Å²) in [5.41, 5.74) is 5.37. The van der Waals surface area contributed by atoms with E-state index < -0.39 is 17.9 Å². The lowest BCUT2D eigenvalue weighted by Gasteiger charge is -2.18. The van der Waals surface area contributed by atoms with E-state index in [-0.39, 0.29) is 57.1 Å². The van der Waals surface area contributed by atoms with Crippen molar-refractivity contribution in [2.24, 2.45) is 5.73 Å². The second kappa shape index (κ2) is 42.0. The molecule has 6 N–H and O–H groups in total. The van der Waals surface area contributed by atoms with Crippen LogP contribution >= 0.6 is 0 Å². The molecule has 0 spiro atoms. The van der Waals surface area contributed by atoms with Gasteiger partial charge in [0, 0.05) is 40.0 Å². The van der Waals surface area contributed by atoms with Crippen LogP contribution in [0.15, 0.2) is 0 Å². The summed E-state index contributed by atoms with van der Waals surface area (Å²) in [4.78, 5) is 60.0. The molecule has 1 atom stereocenters. The van der Waals surface area contributed by atoms with Gasteiger partial charge in [0.25, 0.3) is 0 Å². The number of nitrogens with two attached hydrogens (primary N) is 1. The number of nitrogens with zero attached hydrogens (tertiary/aromatic N) is 1. The Hall–Kier alpha value is -3.09. The number of hydrogen-bond acceptors (Lipinski definition) is 16. The molecule has 0 saturated heterocycles. The number of primary amides is 1. The molecule has 0 aliphatic rings. The van der Waals surface area contributed by atoms with E-state index in [9.17, 15) is 24.0 Å². The summed E-state index contributed by atoms with van der Waals surface area (Å²) in [5.74, 6) is -1.88. The molecule has 0 heterocycles. The third kappa shape index (κ3) is 39.7. The lowest BCUT2D eigenvalue weighted by Crippen LogP contribution is -2.48. The van der Waals surface area contributed by atoms with Crippen molar-refractivity contribution in [3.05, 3.63) is 0 Å². The van der Waals surface area contributed by atoms with Crippen LogP contribution in [0.3, 0.4) is 0 Å². The summed E-state index contributed by atoms with van der Waals surface area (Å²) in [6.45, 7) is 10.9. The fourth-order valence-corrected chi connectivity index (χ4v) is 4.32. The van der Waals surface area contributed by atoms with Crippen LogP contribution < -0.4 is 27.0 Å². The molecule has 0 aromatic rings. The Kier molecular flexibility index (Phi) is 39.8. The Morgan fingerprint density at radius 3 is 1.38 bits per heavy atom. The van der Waals surface area contributed by atoms with Gasteiger partial charge in [0.15, 0.2) is 0 Å². The van der Waals surface area contributed by atoms with Crippen LogP contribution in [0, 0.1) is 0 Å². The summed E-state index contributed by atoms with van der Waals surface area (Å²) >= 11 is 0. The fourth-order valence-electron chi connectivity index (χ4n) is 4.32. The molecule has 0 radical (unpaired) electrons. The van der Waals surface area contributed by atoms with Gasteiger partial charge in [-0.05, 0) is 26.3 Å². The second-order valence-corrected chi connectivity index (χ2v) is 12.5. The summed E-state index contributed by atoms with van der Waals surface area (Å²) in [5, 5.41) is 11.0. The van der Waals surface area contributed by atoms with Crippen molar-refractivity contribution in [1.82, 2.24) is 26.2 Å². The van der Waals surface area contributed by atoms with Crippen molar-refractivity contribution in [2.45, 2.75) is 38.6 Å². The molecule has 58 heavy (non-hydrogen) atoms. The van der Waals surface area contributed by atoms with Crippen LogP contribution in [0.2, 0.25) is 0 Å². The van der Waals surface area contributed by atoms with Crippen molar-refractivity contribution >= 4 is 29.5 Å². The molecule has 5 amide bonds. The fraction of sp³-hybridized carbons (Fsp3) is 0.865. The first kappa shape index (κ1) is 54.9. The number of likely N-dealkylation sites (N-methyl/N-ethyl adjacent to an activating group) is 2. The van der Waals surface area contributed by atoms with Gasteiger partial charge in [-0.3, -0.25) is 24.0 Å². The van der Waals surface area contributed by atoms with Gasteiger partial charge in [-0.2, -0.15) is 0 Å². The number of rotatable bonds is 44. The monoisotopic (exact) mass is 841 g/mol. The standard InChI is InChI=1S/C37H72N6O15/c1-32(44)43(3)30-35(46)42-33(37(38)48)6-4-5-8-40-36(47)31-58-29-28-51-13-10-41-34(45)7-11-49-14-16-52-18-20-54-22-24-56-26-27-57-25-23-55-21-19-53-17-15-50-12-9-39-2/h33,39H,4-31H2,1-3H3,(H2,38,48)(H,40,47)(H,41,45)(H,42,46). The maximum Gasteiger partial charge on any atom is 0.245 e. The zero-order valence-electron chi connectivity index (χ0n) is 35.0. The van der Waals surface area contributed by atoms with E-state index in [0.717, 1.165) is 6.54 Å². The predicted molar refractivity (Wildman–Crippen MR) is 211 cm³/mol. The molecule has 0 aromatic carbocycles. The van der Waals surface area contributed by atoms with E-state index in [2.05, 4.69) is 21.3 Å². The van der Waals surface area contributed by atoms with E-state index in [1.807, 2.05) is 7.05 Å². The molecule has 0 bridgehead atoms. The van der Waals surface area contributed by atoms with Crippen LogP contribution in [-0.2, 0) is 71.3 Å². The summed E-state index contributed by atoms with van der Waals surface area (Å²) in [7, 11) is 3.36. The zero-order chi connectivity index (χ0) is 42.7. The average Bonchev–Trinajstić information content (AvgIpc) is 3.19. The highest BCUT2D eigenvalue weighted by Crippen LogP contribution is 2.01. The highest BCUT2D eigenvalue weighted by atomic mass is 16.6. The molecular weight excluding hydrogens is 768 g/mol. The van der Waals surface area contributed by atoms with Crippen LogP contribution in [0.1, 0.15) is 32.6 Å². The van der Waals surface area contributed by atoms with E-state index in [4.69, 9.17) is 53.1 Å². The third-order valence-corrected chi connectivity index (χ3v) is 7.59. The van der Waals surface area contributed by atoms with Crippen molar-refractivity contribution in [2.75, 3.05) is 172 Å². The smallest absolute Gasteiger partial charge is 0.245 e. The van der Waals surface area contributed by atoms with Crippen molar-refractivity contribution in [3.8, 4) is 0 Å². The summed E-state index contributed by atoms with van der Waals surface area (Å²) < 4.78 is 54.2. The van der Waals surface area contributed by atoms with Crippen LogP contribution in [0.25, 0.3) is 0 Å². The first-order valence-corrected chi connectivity index (χ1v) is 19.9. The maximum absolute atomic E-state index is 12.0. The molecule has 21 nitrogen and oxygen atoms in total. The van der Waals surface area contributed by atoms with Gasteiger partial charge in [0.05, 0.1) is 132 Å². The molecule has 1 unspecified atom stereocenters. The van der Waals surface area contributed by atoms with Gasteiger partial charge in [-0.15, -0.1) is 0 Å². The number of amides is 5. The largest absolute Gasteiger partial charge is 0.379 e. The molecule has 21 heteroatoms. The quantitative estimate of drug-likeness (QED) is 0.0402. The molecule has 0 fully saturated rings. The molecule has 0 aromatic heterocycles. The molecule has 0 aliphatic heterocycles.